The molecule has 0 saturated heterocycles. The summed E-state index contributed by atoms with van der Waals surface area (Å²) in [5, 5.41) is 6.68. The van der Waals surface area contributed by atoms with Crippen molar-refractivity contribution in [2.45, 2.75) is 31.6 Å². The normalized spacial score (nSPS) is 17.9. The smallest absolute Gasteiger partial charge is 0.257 e. The van der Waals surface area contributed by atoms with Crippen LogP contribution in [0.3, 0.4) is 0 Å². The first kappa shape index (κ1) is 26.5. The molecule has 4 aromatic carbocycles. The quantitative estimate of drug-likeness (QED) is 0.232. The van der Waals surface area contributed by atoms with Gasteiger partial charge in [0.05, 0.1) is 11.1 Å². The summed E-state index contributed by atoms with van der Waals surface area (Å²) in [4.78, 5) is 30.3. The van der Waals surface area contributed by atoms with E-state index >= 15 is 0 Å². The van der Waals surface area contributed by atoms with Crippen molar-refractivity contribution >= 4 is 23.2 Å². The molecular formula is C33H30F2N4O2. The Hall–Kier alpha value is -4.72. The fraction of sp³-hybridized carbons (Fsp3) is 0.212. The van der Waals surface area contributed by atoms with Gasteiger partial charge < -0.3 is 20.4 Å². The highest BCUT2D eigenvalue weighted by atomic mass is 19.1. The number of halogens is 2. The van der Waals surface area contributed by atoms with Crippen LogP contribution in [0.5, 0.6) is 0 Å². The fourth-order valence-corrected chi connectivity index (χ4v) is 5.67. The summed E-state index contributed by atoms with van der Waals surface area (Å²) in [6.45, 7) is 0.815. The van der Waals surface area contributed by atoms with E-state index in [1.807, 2.05) is 36.4 Å². The number of amides is 2. The minimum Gasteiger partial charge on any atom is -0.361 e. The van der Waals surface area contributed by atoms with Gasteiger partial charge in [-0.25, -0.2) is 8.78 Å². The van der Waals surface area contributed by atoms with Gasteiger partial charge in [-0.1, -0.05) is 60.7 Å². The highest BCUT2D eigenvalue weighted by molar-refractivity contribution is 6.02. The molecule has 4 aromatic rings. The highest BCUT2D eigenvalue weighted by Crippen LogP contribution is 2.36. The second-order valence-electron chi connectivity index (χ2n) is 10.3. The largest absolute Gasteiger partial charge is 0.361 e. The third-order valence-corrected chi connectivity index (χ3v) is 7.74. The third kappa shape index (κ3) is 5.13. The topological polar surface area (TPSA) is 64.7 Å². The number of nitrogens with one attached hydrogen (secondary N) is 2. The molecule has 0 spiro atoms. The maximum absolute atomic E-state index is 14.8. The van der Waals surface area contributed by atoms with Crippen molar-refractivity contribution in [1.82, 2.24) is 9.80 Å². The lowest BCUT2D eigenvalue weighted by Crippen LogP contribution is -2.44. The average molecular weight is 553 g/mol. The van der Waals surface area contributed by atoms with Crippen LogP contribution in [-0.4, -0.2) is 34.7 Å². The summed E-state index contributed by atoms with van der Waals surface area (Å²) in [6.07, 6.45) is 0.750. The van der Waals surface area contributed by atoms with Gasteiger partial charge in [0.2, 0.25) is 0 Å². The zero-order chi connectivity index (χ0) is 28.3. The highest BCUT2D eigenvalue weighted by Gasteiger charge is 2.35. The summed E-state index contributed by atoms with van der Waals surface area (Å²) >= 11 is 0. The number of para-hydroxylation sites is 2. The van der Waals surface area contributed by atoms with Crippen molar-refractivity contribution < 1.29 is 18.4 Å². The summed E-state index contributed by atoms with van der Waals surface area (Å²) in [5.41, 5.74) is 3.28. The Balaban J connectivity index is 1.16. The van der Waals surface area contributed by atoms with Crippen molar-refractivity contribution in [1.29, 1.82) is 0 Å². The zero-order valence-corrected chi connectivity index (χ0v) is 22.4. The van der Waals surface area contributed by atoms with Crippen LogP contribution < -0.4 is 10.6 Å². The van der Waals surface area contributed by atoms with Crippen molar-refractivity contribution in [2.75, 3.05) is 23.7 Å². The molecule has 6 rings (SSSR count). The molecule has 2 aliphatic heterocycles. The molecule has 0 aliphatic carbocycles. The molecule has 2 heterocycles. The molecule has 0 saturated carbocycles. The third-order valence-electron chi connectivity index (χ3n) is 7.74. The molecule has 2 aliphatic rings. The Labute approximate surface area is 237 Å². The molecule has 0 radical (unpaired) electrons. The number of carbonyl (C=O) groups excluding carboxylic acids is 2. The fourth-order valence-electron chi connectivity index (χ4n) is 5.67. The number of fused-ring (bicyclic) bond motifs is 2. The lowest BCUT2D eigenvalue weighted by atomic mass is 10.0. The zero-order valence-electron chi connectivity index (χ0n) is 22.4. The molecule has 6 nitrogen and oxygen atoms in total. The van der Waals surface area contributed by atoms with Crippen LogP contribution in [-0.2, 0) is 0 Å². The summed E-state index contributed by atoms with van der Waals surface area (Å²) in [5.74, 6) is -1.06. The number of hydrogen-bond acceptors (Lipinski definition) is 4. The minimum absolute atomic E-state index is 0.153. The van der Waals surface area contributed by atoms with Crippen LogP contribution in [0.15, 0.2) is 97.1 Å². The van der Waals surface area contributed by atoms with Crippen LogP contribution in [0, 0.1) is 11.6 Å². The van der Waals surface area contributed by atoms with Crippen LogP contribution in [0.25, 0.3) is 0 Å². The maximum atomic E-state index is 14.8. The van der Waals surface area contributed by atoms with E-state index in [1.54, 1.807) is 58.3 Å². The van der Waals surface area contributed by atoms with Gasteiger partial charge in [0.25, 0.3) is 11.8 Å². The molecule has 2 atom stereocenters. The van der Waals surface area contributed by atoms with Gasteiger partial charge in [-0.05, 0) is 55.7 Å². The maximum Gasteiger partial charge on any atom is 0.257 e. The van der Waals surface area contributed by atoms with Crippen molar-refractivity contribution in [3.8, 4) is 0 Å². The van der Waals surface area contributed by atoms with Gasteiger partial charge in [-0.3, -0.25) is 9.59 Å². The van der Waals surface area contributed by atoms with Gasteiger partial charge in [-0.2, -0.15) is 0 Å². The van der Waals surface area contributed by atoms with E-state index in [-0.39, 0.29) is 23.4 Å². The second kappa shape index (κ2) is 11.4. The Bertz CT molecular complexity index is 1480. The van der Waals surface area contributed by atoms with E-state index < -0.39 is 12.3 Å². The van der Waals surface area contributed by atoms with Crippen LogP contribution >= 0.6 is 0 Å². The Morgan fingerprint density at radius 1 is 0.537 bits per heavy atom. The Morgan fingerprint density at radius 3 is 1.37 bits per heavy atom. The molecule has 41 heavy (non-hydrogen) atoms. The number of hydrogen-bond donors (Lipinski definition) is 2. The number of carbonyl (C=O) groups is 2. The number of nitrogens with zero attached hydrogens (tertiary/aromatic N) is 2. The molecular weight excluding hydrogens is 522 g/mol. The van der Waals surface area contributed by atoms with E-state index in [0.717, 1.165) is 0 Å². The molecule has 0 aromatic heterocycles. The SMILES string of the molecule is O=C1c2ccccc2NC(c2ccccc2F)N1CCCCCN1C(=O)c2ccccc2NC1c1ccccc1F. The van der Waals surface area contributed by atoms with E-state index in [2.05, 4.69) is 10.6 Å². The number of anilines is 2. The number of unbranched alkanes of at least 4 members (excludes halogenated alkanes) is 2. The van der Waals surface area contributed by atoms with E-state index in [4.69, 9.17) is 0 Å². The second-order valence-corrected chi connectivity index (χ2v) is 10.3. The van der Waals surface area contributed by atoms with Gasteiger partial charge in [0, 0.05) is 35.6 Å². The van der Waals surface area contributed by atoms with Gasteiger partial charge in [-0.15, -0.1) is 0 Å². The standard InChI is InChI=1S/C33H30F2N4O2/c34-26-16-6-2-12-22(26)30-36-28-18-8-4-14-24(28)32(40)38(30)20-10-1-11-21-39-31(23-13-3-7-17-27(23)35)37-29-19-9-5-15-25(29)33(39)41/h2-9,12-19,30-31,36-37H,1,10-11,20-21H2. The Kier molecular flexibility index (Phi) is 7.37. The molecule has 208 valence electrons. The number of rotatable bonds is 8. The summed E-state index contributed by atoms with van der Waals surface area (Å²) in [6, 6.07) is 27.5. The number of benzene rings is 4. The van der Waals surface area contributed by atoms with Gasteiger partial charge in [0.1, 0.15) is 24.0 Å². The monoisotopic (exact) mass is 552 g/mol. The van der Waals surface area contributed by atoms with Crippen LogP contribution in [0.2, 0.25) is 0 Å². The first-order chi connectivity index (χ1) is 20.0. The molecule has 0 fully saturated rings. The van der Waals surface area contributed by atoms with Crippen molar-refractivity contribution in [3.05, 3.63) is 131 Å². The summed E-state index contributed by atoms with van der Waals surface area (Å²) in [7, 11) is 0. The van der Waals surface area contributed by atoms with E-state index in [9.17, 15) is 18.4 Å². The van der Waals surface area contributed by atoms with Crippen molar-refractivity contribution in [2.24, 2.45) is 0 Å². The first-order valence-corrected chi connectivity index (χ1v) is 13.8. The molecule has 0 bridgehead atoms. The van der Waals surface area contributed by atoms with Crippen molar-refractivity contribution in [3.63, 3.8) is 0 Å². The van der Waals surface area contributed by atoms with Gasteiger partial charge in [0.15, 0.2) is 0 Å². The molecule has 2 N–H and O–H groups in total. The Morgan fingerprint density at radius 2 is 0.927 bits per heavy atom. The minimum atomic E-state index is -0.631. The van der Waals surface area contributed by atoms with E-state index in [0.29, 0.717) is 66.0 Å². The average Bonchev–Trinajstić information content (AvgIpc) is 2.99. The van der Waals surface area contributed by atoms with Crippen LogP contribution in [0.1, 0.15) is 63.4 Å². The summed E-state index contributed by atoms with van der Waals surface area (Å²) < 4.78 is 29.6. The van der Waals surface area contributed by atoms with E-state index in [1.165, 1.54) is 12.1 Å². The molecule has 8 heteroatoms. The predicted octanol–water partition coefficient (Wildman–Crippen LogP) is 6.97. The van der Waals surface area contributed by atoms with Crippen LogP contribution in [0.4, 0.5) is 20.2 Å². The predicted molar refractivity (Wildman–Crippen MR) is 154 cm³/mol. The lowest BCUT2D eigenvalue weighted by Gasteiger charge is -2.39. The lowest BCUT2D eigenvalue weighted by molar-refractivity contribution is 0.0668. The molecule has 2 amide bonds. The molecule has 2 unspecified atom stereocenters. The van der Waals surface area contributed by atoms with Gasteiger partial charge >= 0.3 is 0 Å². The first-order valence-electron chi connectivity index (χ1n) is 13.8.